The smallest absolute Gasteiger partial charge is 0.272 e. The van der Waals surface area contributed by atoms with Gasteiger partial charge in [0.1, 0.15) is 17.2 Å². The molecule has 0 saturated carbocycles. The van der Waals surface area contributed by atoms with Gasteiger partial charge in [0.15, 0.2) is 0 Å². The molecule has 0 bridgehead atoms. The van der Waals surface area contributed by atoms with Gasteiger partial charge < -0.3 is 14.5 Å². The molecule has 4 rings (SSSR count). The highest BCUT2D eigenvalue weighted by atomic mass is 16.5. The predicted molar refractivity (Wildman–Crippen MR) is 104 cm³/mol. The third kappa shape index (κ3) is 4.28. The Hall–Kier alpha value is -2.44. The summed E-state index contributed by atoms with van der Waals surface area (Å²) in [5.74, 6) is 1.40. The summed E-state index contributed by atoms with van der Waals surface area (Å²) in [5, 5.41) is 0. The first kappa shape index (κ1) is 17.9. The zero-order valence-corrected chi connectivity index (χ0v) is 15.8. The van der Waals surface area contributed by atoms with Crippen molar-refractivity contribution in [2.45, 2.75) is 12.5 Å². The van der Waals surface area contributed by atoms with E-state index in [1.807, 2.05) is 35.2 Å². The summed E-state index contributed by atoms with van der Waals surface area (Å²) >= 11 is 0. The van der Waals surface area contributed by atoms with Gasteiger partial charge in [-0.25, -0.2) is 4.98 Å². The molecule has 1 amide bonds. The van der Waals surface area contributed by atoms with Gasteiger partial charge in [0, 0.05) is 45.3 Å². The first-order valence-electron chi connectivity index (χ1n) is 9.60. The van der Waals surface area contributed by atoms with E-state index in [-0.39, 0.29) is 5.91 Å². The molecule has 2 aliphatic rings. The van der Waals surface area contributed by atoms with E-state index >= 15 is 0 Å². The highest BCUT2D eigenvalue weighted by Gasteiger charge is 2.32. The number of pyridine rings is 1. The Labute approximate surface area is 160 Å². The van der Waals surface area contributed by atoms with E-state index in [0.29, 0.717) is 17.5 Å². The molecule has 6 heteroatoms. The SMILES string of the molecule is CN1CCN(C2CCN(C(=O)c3ccc(Oc4ccccc4)cn3)C2)CC1. The van der Waals surface area contributed by atoms with Gasteiger partial charge in [-0.1, -0.05) is 18.2 Å². The second-order valence-corrected chi connectivity index (χ2v) is 7.33. The number of rotatable bonds is 4. The van der Waals surface area contributed by atoms with Crippen molar-refractivity contribution < 1.29 is 9.53 Å². The van der Waals surface area contributed by atoms with Crippen molar-refractivity contribution in [2.24, 2.45) is 0 Å². The molecule has 3 heterocycles. The standard InChI is InChI=1S/C21H26N4O2/c1-23-11-13-24(14-12-23)17-9-10-25(16-17)21(26)20-8-7-19(15-22-20)27-18-5-3-2-4-6-18/h2-8,15,17H,9-14,16H2,1H3. The third-order valence-corrected chi connectivity index (χ3v) is 5.44. The highest BCUT2D eigenvalue weighted by molar-refractivity contribution is 5.92. The molecule has 2 aliphatic heterocycles. The van der Waals surface area contributed by atoms with Gasteiger partial charge in [-0.05, 0) is 37.7 Å². The van der Waals surface area contributed by atoms with Gasteiger partial charge in [-0.3, -0.25) is 9.69 Å². The Kier molecular flexibility index (Phi) is 5.36. The number of hydrogen-bond acceptors (Lipinski definition) is 5. The van der Waals surface area contributed by atoms with Crippen molar-refractivity contribution in [2.75, 3.05) is 46.3 Å². The molecule has 2 saturated heterocycles. The number of ether oxygens (including phenoxy) is 1. The van der Waals surface area contributed by atoms with Gasteiger partial charge >= 0.3 is 0 Å². The Balaban J connectivity index is 1.34. The van der Waals surface area contributed by atoms with E-state index in [1.165, 1.54) is 0 Å². The maximum absolute atomic E-state index is 12.8. The monoisotopic (exact) mass is 366 g/mol. The topological polar surface area (TPSA) is 48.9 Å². The molecule has 2 fully saturated rings. The molecule has 0 N–H and O–H groups in total. The van der Waals surface area contributed by atoms with Gasteiger partial charge in [-0.15, -0.1) is 0 Å². The number of benzene rings is 1. The van der Waals surface area contributed by atoms with E-state index < -0.39 is 0 Å². The van der Waals surface area contributed by atoms with Crippen LogP contribution in [0.3, 0.4) is 0 Å². The van der Waals surface area contributed by atoms with Crippen LogP contribution in [0.1, 0.15) is 16.9 Å². The fourth-order valence-electron chi connectivity index (χ4n) is 3.77. The normalized spacial score (nSPS) is 21.4. The fraction of sp³-hybridized carbons (Fsp3) is 0.429. The van der Waals surface area contributed by atoms with Crippen molar-refractivity contribution in [1.29, 1.82) is 0 Å². The van der Waals surface area contributed by atoms with Gasteiger partial charge in [0.2, 0.25) is 0 Å². The fourth-order valence-corrected chi connectivity index (χ4v) is 3.77. The molecule has 27 heavy (non-hydrogen) atoms. The molecule has 1 aromatic carbocycles. The molecule has 1 atom stereocenters. The molecule has 0 aliphatic carbocycles. The van der Waals surface area contributed by atoms with E-state index in [2.05, 4.69) is 21.8 Å². The highest BCUT2D eigenvalue weighted by Crippen LogP contribution is 2.22. The molecule has 6 nitrogen and oxygen atoms in total. The average Bonchev–Trinajstić information content (AvgIpc) is 3.20. The number of piperazine rings is 1. The molecule has 0 radical (unpaired) electrons. The third-order valence-electron chi connectivity index (χ3n) is 5.44. The summed E-state index contributed by atoms with van der Waals surface area (Å²) in [5.41, 5.74) is 0.481. The second kappa shape index (κ2) is 8.06. The van der Waals surface area contributed by atoms with Crippen LogP contribution in [0, 0.1) is 0 Å². The molecular formula is C21H26N4O2. The van der Waals surface area contributed by atoms with Crippen molar-refractivity contribution in [3.8, 4) is 11.5 Å². The first-order chi connectivity index (χ1) is 13.2. The molecule has 0 spiro atoms. The summed E-state index contributed by atoms with van der Waals surface area (Å²) in [6.07, 6.45) is 2.67. The van der Waals surface area contributed by atoms with Gasteiger partial charge in [-0.2, -0.15) is 0 Å². The number of aromatic nitrogens is 1. The summed E-state index contributed by atoms with van der Waals surface area (Å²) < 4.78 is 5.75. The number of carbonyl (C=O) groups is 1. The molecule has 1 aromatic heterocycles. The number of amides is 1. The van der Waals surface area contributed by atoms with Crippen LogP contribution in [-0.4, -0.2) is 77.9 Å². The Bertz CT molecular complexity index is 758. The molecular weight excluding hydrogens is 340 g/mol. The lowest BCUT2D eigenvalue weighted by atomic mass is 10.2. The van der Waals surface area contributed by atoms with Crippen molar-refractivity contribution >= 4 is 5.91 Å². The zero-order valence-electron chi connectivity index (χ0n) is 15.8. The lowest BCUT2D eigenvalue weighted by Gasteiger charge is -2.36. The van der Waals surface area contributed by atoms with Crippen LogP contribution in [0.15, 0.2) is 48.7 Å². The summed E-state index contributed by atoms with van der Waals surface area (Å²) in [6.45, 7) is 6.00. The van der Waals surface area contributed by atoms with Crippen LogP contribution in [0.4, 0.5) is 0 Å². The number of carbonyl (C=O) groups excluding carboxylic acids is 1. The van der Waals surface area contributed by atoms with Crippen molar-refractivity contribution in [1.82, 2.24) is 19.7 Å². The maximum Gasteiger partial charge on any atom is 0.272 e. The number of para-hydroxylation sites is 1. The number of hydrogen-bond donors (Lipinski definition) is 0. The van der Waals surface area contributed by atoms with Crippen LogP contribution < -0.4 is 4.74 Å². The number of likely N-dealkylation sites (N-methyl/N-ethyl adjacent to an activating group) is 1. The molecule has 1 unspecified atom stereocenters. The summed E-state index contributed by atoms with van der Waals surface area (Å²) in [7, 11) is 2.17. The first-order valence-corrected chi connectivity index (χ1v) is 9.60. The lowest BCUT2D eigenvalue weighted by Crippen LogP contribution is -2.50. The number of likely N-dealkylation sites (tertiary alicyclic amines) is 1. The summed E-state index contributed by atoms with van der Waals surface area (Å²) in [4.78, 5) is 23.9. The Morgan fingerprint density at radius 3 is 2.48 bits per heavy atom. The van der Waals surface area contributed by atoms with Crippen LogP contribution in [0.5, 0.6) is 11.5 Å². The van der Waals surface area contributed by atoms with Crippen LogP contribution in [-0.2, 0) is 0 Å². The quantitative estimate of drug-likeness (QED) is 0.831. The van der Waals surface area contributed by atoms with E-state index in [4.69, 9.17) is 4.74 Å². The Morgan fingerprint density at radius 2 is 1.78 bits per heavy atom. The van der Waals surface area contributed by atoms with Crippen LogP contribution in [0.2, 0.25) is 0 Å². The summed E-state index contributed by atoms with van der Waals surface area (Å²) in [6, 6.07) is 13.6. The molecule has 2 aromatic rings. The van der Waals surface area contributed by atoms with Gasteiger partial charge in [0.25, 0.3) is 5.91 Å². The van der Waals surface area contributed by atoms with Gasteiger partial charge in [0.05, 0.1) is 6.20 Å². The van der Waals surface area contributed by atoms with Crippen LogP contribution in [0.25, 0.3) is 0 Å². The average molecular weight is 366 g/mol. The minimum absolute atomic E-state index is 0.0119. The van der Waals surface area contributed by atoms with E-state index in [1.54, 1.807) is 18.3 Å². The lowest BCUT2D eigenvalue weighted by molar-refractivity contribution is 0.0750. The maximum atomic E-state index is 12.8. The van der Waals surface area contributed by atoms with Crippen molar-refractivity contribution in [3.05, 3.63) is 54.4 Å². The van der Waals surface area contributed by atoms with Crippen molar-refractivity contribution in [3.63, 3.8) is 0 Å². The largest absolute Gasteiger partial charge is 0.456 e. The molecule has 142 valence electrons. The van der Waals surface area contributed by atoms with E-state index in [9.17, 15) is 4.79 Å². The predicted octanol–water partition coefficient (Wildman–Crippen LogP) is 2.34. The second-order valence-electron chi connectivity index (χ2n) is 7.33. The minimum atomic E-state index is 0.0119. The van der Waals surface area contributed by atoms with Crippen LogP contribution >= 0.6 is 0 Å². The minimum Gasteiger partial charge on any atom is -0.456 e. The van der Waals surface area contributed by atoms with E-state index in [0.717, 1.165) is 51.4 Å². The number of nitrogens with zero attached hydrogens (tertiary/aromatic N) is 4. The zero-order chi connectivity index (χ0) is 18.6. The Morgan fingerprint density at radius 1 is 1.00 bits per heavy atom.